The van der Waals surface area contributed by atoms with Crippen molar-refractivity contribution in [2.45, 2.75) is 70.0 Å². The number of rotatable bonds is 13. The molecule has 1 aliphatic rings. The smallest absolute Gasteiger partial charge is 0.481 e. The van der Waals surface area contributed by atoms with Crippen molar-refractivity contribution < 1.29 is 41.4 Å². The zero-order valence-electron chi connectivity index (χ0n) is 19.0. The molecule has 0 radical (unpaired) electrons. The van der Waals surface area contributed by atoms with Gasteiger partial charge in [-0.3, -0.25) is 9.52 Å². The van der Waals surface area contributed by atoms with Gasteiger partial charge in [0.15, 0.2) is 0 Å². The lowest BCUT2D eigenvalue weighted by Gasteiger charge is -2.41. The highest BCUT2D eigenvalue weighted by Crippen LogP contribution is 2.19. The molecule has 1 aliphatic heterocycles. The van der Waals surface area contributed by atoms with E-state index in [9.17, 15) is 26.4 Å². The third kappa shape index (κ3) is 11.7. The molecule has 0 aromatic heterocycles. The molecular formula is C21H32F3N3O6S. The Labute approximate surface area is 197 Å². The monoisotopic (exact) mass is 511 g/mol. The van der Waals surface area contributed by atoms with Crippen LogP contribution in [0.4, 0.5) is 18.9 Å². The number of carbonyl (C=O) groups is 2. The maximum atomic E-state index is 12.3. The van der Waals surface area contributed by atoms with Crippen LogP contribution in [0.25, 0.3) is 0 Å². The quantitative estimate of drug-likeness (QED) is 0.256. The SMILES string of the molecule is CCCCCCCCc1ccc(NS(=O)(=O)NC2(CC(=O)O)CNC2)cc1.O=C(O)C(F)(F)F. The Kier molecular flexibility index (Phi) is 11.8. The Hall–Kier alpha value is -2.38. The fraction of sp³-hybridized carbons (Fsp3) is 0.619. The predicted molar refractivity (Wildman–Crippen MR) is 121 cm³/mol. The molecule has 2 rings (SSSR count). The average Bonchev–Trinajstić information content (AvgIpc) is 2.69. The lowest BCUT2D eigenvalue weighted by Crippen LogP contribution is -2.70. The van der Waals surface area contributed by atoms with Crippen LogP contribution in [0.15, 0.2) is 24.3 Å². The number of alkyl halides is 3. The van der Waals surface area contributed by atoms with Gasteiger partial charge >= 0.3 is 18.1 Å². The van der Waals surface area contributed by atoms with E-state index >= 15 is 0 Å². The summed E-state index contributed by atoms with van der Waals surface area (Å²) in [6, 6.07) is 7.35. The van der Waals surface area contributed by atoms with Crippen molar-refractivity contribution in [2.75, 3.05) is 17.8 Å². The van der Waals surface area contributed by atoms with Crippen molar-refractivity contribution in [3.63, 3.8) is 0 Å². The summed E-state index contributed by atoms with van der Waals surface area (Å²) in [6.07, 6.45) is 3.13. The van der Waals surface area contributed by atoms with Gasteiger partial charge in [0.05, 0.1) is 12.0 Å². The normalized spacial score (nSPS) is 14.9. The minimum absolute atomic E-state index is 0.252. The Bertz CT molecular complexity index is 888. The highest BCUT2D eigenvalue weighted by Gasteiger charge is 2.42. The van der Waals surface area contributed by atoms with Crippen LogP contribution in [-0.4, -0.2) is 55.4 Å². The van der Waals surface area contributed by atoms with Gasteiger partial charge in [-0.05, 0) is 30.5 Å². The molecule has 9 nitrogen and oxygen atoms in total. The van der Waals surface area contributed by atoms with Crippen LogP contribution in [0.3, 0.4) is 0 Å². The Balaban J connectivity index is 0.000000718. The number of hydrogen-bond acceptors (Lipinski definition) is 5. The number of carboxylic acids is 2. The zero-order valence-corrected chi connectivity index (χ0v) is 19.8. The standard InChI is InChI=1S/C19H31N3O4S.C2HF3O2/c1-2-3-4-5-6-7-8-16-9-11-17(12-10-16)21-27(25,26)22-19(13-18(23)24)14-20-15-19;3-2(4,5)1(6)7/h9-12,20-22H,2-8,13-15H2,1H3,(H,23,24);(H,6,7). The van der Waals surface area contributed by atoms with Gasteiger partial charge in [0.2, 0.25) is 0 Å². The number of anilines is 1. The fourth-order valence-electron chi connectivity index (χ4n) is 3.26. The van der Waals surface area contributed by atoms with E-state index < -0.39 is 33.9 Å². The molecule has 1 saturated heterocycles. The van der Waals surface area contributed by atoms with E-state index in [1.165, 1.54) is 37.7 Å². The summed E-state index contributed by atoms with van der Waals surface area (Å²) in [7, 11) is -3.84. The van der Waals surface area contributed by atoms with Crippen molar-refractivity contribution in [1.29, 1.82) is 0 Å². The van der Waals surface area contributed by atoms with Crippen LogP contribution in [0, 0.1) is 0 Å². The molecule has 1 aromatic carbocycles. The average molecular weight is 512 g/mol. The van der Waals surface area contributed by atoms with E-state index in [1.807, 2.05) is 12.1 Å². The zero-order chi connectivity index (χ0) is 25.8. The number of carboxylic acid groups (broad SMARTS) is 2. The van der Waals surface area contributed by atoms with Crippen molar-refractivity contribution in [1.82, 2.24) is 10.0 Å². The second-order valence-electron chi connectivity index (χ2n) is 8.18. The molecule has 0 atom stereocenters. The summed E-state index contributed by atoms with van der Waals surface area (Å²) in [6.45, 7) is 2.81. The second kappa shape index (κ2) is 13.5. The van der Waals surface area contributed by atoms with Gasteiger partial charge < -0.3 is 15.5 Å². The summed E-state index contributed by atoms with van der Waals surface area (Å²) in [4.78, 5) is 19.9. The van der Waals surface area contributed by atoms with Crippen LogP contribution >= 0.6 is 0 Å². The van der Waals surface area contributed by atoms with Gasteiger partial charge in [0.1, 0.15) is 0 Å². The van der Waals surface area contributed by atoms with Crippen molar-refractivity contribution in [3.05, 3.63) is 29.8 Å². The van der Waals surface area contributed by atoms with Crippen molar-refractivity contribution >= 4 is 27.8 Å². The van der Waals surface area contributed by atoms with Gasteiger partial charge in [-0.1, -0.05) is 51.2 Å². The topological polar surface area (TPSA) is 145 Å². The number of unbranched alkanes of at least 4 members (excludes halogenated alkanes) is 5. The molecule has 1 heterocycles. The maximum Gasteiger partial charge on any atom is 0.490 e. The van der Waals surface area contributed by atoms with Crippen LogP contribution in [-0.2, 0) is 26.2 Å². The fourth-order valence-corrected chi connectivity index (χ4v) is 4.55. The molecule has 5 N–H and O–H groups in total. The number of halogens is 3. The number of benzene rings is 1. The van der Waals surface area contributed by atoms with E-state index in [0.717, 1.165) is 12.8 Å². The molecule has 0 spiro atoms. The number of nitrogens with one attached hydrogen (secondary N) is 3. The number of hydrogen-bond donors (Lipinski definition) is 5. The summed E-state index contributed by atoms with van der Waals surface area (Å²) >= 11 is 0. The van der Waals surface area contributed by atoms with Crippen LogP contribution in [0.1, 0.15) is 57.4 Å². The van der Waals surface area contributed by atoms with E-state index in [-0.39, 0.29) is 6.42 Å². The first-order chi connectivity index (χ1) is 15.8. The summed E-state index contributed by atoms with van der Waals surface area (Å²) in [5.41, 5.74) is 0.689. The summed E-state index contributed by atoms with van der Waals surface area (Å²) < 4.78 is 61.3. The first-order valence-electron chi connectivity index (χ1n) is 10.9. The lowest BCUT2D eigenvalue weighted by molar-refractivity contribution is -0.192. The molecular weight excluding hydrogens is 479 g/mol. The van der Waals surface area contributed by atoms with Crippen LogP contribution < -0.4 is 14.8 Å². The third-order valence-corrected chi connectivity index (χ3v) is 6.24. The molecule has 1 fully saturated rings. The maximum absolute atomic E-state index is 12.3. The molecule has 0 aliphatic carbocycles. The molecule has 194 valence electrons. The molecule has 34 heavy (non-hydrogen) atoms. The minimum Gasteiger partial charge on any atom is -0.481 e. The van der Waals surface area contributed by atoms with Gasteiger partial charge in [-0.2, -0.15) is 26.3 Å². The van der Waals surface area contributed by atoms with Gasteiger partial charge in [0, 0.05) is 18.8 Å². The molecule has 0 saturated carbocycles. The van der Waals surface area contributed by atoms with E-state index in [4.69, 9.17) is 15.0 Å². The summed E-state index contributed by atoms with van der Waals surface area (Å²) in [5.74, 6) is -3.79. The van der Waals surface area contributed by atoms with E-state index in [1.54, 1.807) is 12.1 Å². The largest absolute Gasteiger partial charge is 0.490 e. The third-order valence-electron chi connectivity index (χ3n) is 5.03. The van der Waals surface area contributed by atoms with Crippen molar-refractivity contribution in [2.24, 2.45) is 0 Å². The lowest BCUT2D eigenvalue weighted by atomic mass is 9.90. The first kappa shape index (κ1) is 29.7. The molecule has 1 aromatic rings. The Morgan fingerprint density at radius 2 is 1.56 bits per heavy atom. The van der Waals surface area contributed by atoms with Crippen LogP contribution in [0.2, 0.25) is 0 Å². The summed E-state index contributed by atoms with van der Waals surface area (Å²) in [5, 5.41) is 19.0. The number of aryl methyl sites for hydroxylation is 1. The molecule has 0 unspecified atom stereocenters. The highest BCUT2D eigenvalue weighted by atomic mass is 32.2. The minimum atomic E-state index is -5.08. The number of aliphatic carboxylic acids is 2. The second-order valence-corrected chi connectivity index (χ2v) is 9.59. The first-order valence-corrected chi connectivity index (χ1v) is 12.4. The van der Waals surface area contributed by atoms with E-state index in [0.29, 0.717) is 18.8 Å². The molecule has 13 heteroatoms. The molecule has 0 bridgehead atoms. The Morgan fingerprint density at radius 1 is 1.03 bits per heavy atom. The van der Waals surface area contributed by atoms with Gasteiger partial charge in [-0.15, -0.1) is 0 Å². The van der Waals surface area contributed by atoms with Gasteiger partial charge in [0.25, 0.3) is 10.2 Å². The van der Waals surface area contributed by atoms with E-state index in [2.05, 4.69) is 21.7 Å². The van der Waals surface area contributed by atoms with Crippen molar-refractivity contribution in [3.8, 4) is 0 Å². The van der Waals surface area contributed by atoms with Gasteiger partial charge in [-0.25, -0.2) is 4.79 Å². The predicted octanol–water partition coefficient (Wildman–Crippen LogP) is 3.29. The Morgan fingerprint density at radius 3 is 2.00 bits per heavy atom. The van der Waals surface area contributed by atoms with Crippen LogP contribution in [0.5, 0.6) is 0 Å². The molecule has 0 amide bonds. The highest BCUT2D eigenvalue weighted by molar-refractivity contribution is 7.90.